The zero-order valence-electron chi connectivity index (χ0n) is 12.5. The maximum atomic E-state index is 10.8. The Kier molecular flexibility index (Phi) is 6.44. The van der Waals surface area contributed by atoms with Gasteiger partial charge in [-0.25, -0.2) is 0 Å². The normalized spacial score (nSPS) is 11.5. The molecule has 2 N–H and O–H groups in total. The second-order valence-electron chi connectivity index (χ2n) is 4.84. The van der Waals surface area contributed by atoms with Crippen LogP contribution < -0.4 is 5.32 Å². The van der Waals surface area contributed by atoms with E-state index in [1.165, 1.54) is 23.9 Å². The van der Waals surface area contributed by atoms with E-state index in [-0.39, 0.29) is 17.1 Å². The number of nitrogens with one attached hydrogen (secondary N) is 1. The topological polar surface area (TPSA) is 99.2 Å². The standard InChI is InChI=1S/C16H14ClN3O3S/c17-8-13(21)10-19-14-3-1-2-4-16(14)24-15-6-5-12(20(22)23)7-11(15)9-18/h1-7,13,19,21H,8,10H2. The predicted octanol–water partition coefficient (Wildman–Crippen LogP) is 3.63. The SMILES string of the molecule is N#Cc1cc([N+](=O)[O-])ccc1Sc1ccccc1NCC(O)CCl. The summed E-state index contributed by atoms with van der Waals surface area (Å²) in [7, 11) is 0. The third-order valence-corrected chi connectivity index (χ3v) is 4.62. The molecule has 0 spiro atoms. The smallest absolute Gasteiger partial charge is 0.270 e. The summed E-state index contributed by atoms with van der Waals surface area (Å²) in [5.41, 5.74) is 0.909. The van der Waals surface area contributed by atoms with Gasteiger partial charge in [0.2, 0.25) is 0 Å². The Morgan fingerprint density at radius 3 is 2.75 bits per heavy atom. The molecule has 0 aromatic heterocycles. The average molecular weight is 364 g/mol. The number of hydrogen-bond acceptors (Lipinski definition) is 6. The van der Waals surface area contributed by atoms with E-state index in [0.717, 1.165) is 10.6 Å². The van der Waals surface area contributed by atoms with Gasteiger partial charge in [0, 0.05) is 34.2 Å². The van der Waals surface area contributed by atoms with Crippen LogP contribution in [0.4, 0.5) is 11.4 Å². The van der Waals surface area contributed by atoms with Gasteiger partial charge >= 0.3 is 0 Å². The molecule has 2 aromatic carbocycles. The highest BCUT2D eigenvalue weighted by Gasteiger charge is 2.13. The maximum Gasteiger partial charge on any atom is 0.270 e. The van der Waals surface area contributed by atoms with E-state index in [1.54, 1.807) is 6.07 Å². The van der Waals surface area contributed by atoms with Gasteiger partial charge in [-0.1, -0.05) is 23.9 Å². The number of rotatable bonds is 7. The fourth-order valence-corrected chi connectivity index (χ4v) is 3.00. The second-order valence-corrected chi connectivity index (χ2v) is 6.23. The van der Waals surface area contributed by atoms with Crippen molar-refractivity contribution >= 4 is 34.7 Å². The Hall–Kier alpha value is -2.27. The molecule has 1 atom stereocenters. The number of nitro benzene ring substituents is 1. The highest BCUT2D eigenvalue weighted by atomic mass is 35.5. The number of non-ortho nitro benzene ring substituents is 1. The van der Waals surface area contributed by atoms with E-state index < -0.39 is 11.0 Å². The predicted molar refractivity (Wildman–Crippen MR) is 93.6 cm³/mol. The van der Waals surface area contributed by atoms with E-state index >= 15 is 0 Å². The van der Waals surface area contributed by atoms with E-state index in [1.807, 2.05) is 30.3 Å². The molecule has 124 valence electrons. The first-order valence-electron chi connectivity index (χ1n) is 6.98. The summed E-state index contributed by atoms with van der Waals surface area (Å²) in [6, 6.07) is 13.6. The van der Waals surface area contributed by atoms with Gasteiger partial charge in [-0.15, -0.1) is 11.6 Å². The van der Waals surface area contributed by atoms with Crippen LogP contribution in [-0.2, 0) is 0 Å². The quantitative estimate of drug-likeness (QED) is 0.442. The van der Waals surface area contributed by atoms with Crippen molar-refractivity contribution < 1.29 is 10.0 Å². The molecule has 0 heterocycles. The van der Waals surface area contributed by atoms with Crippen molar-refractivity contribution in [2.24, 2.45) is 0 Å². The molecule has 0 amide bonds. The number of anilines is 1. The van der Waals surface area contributed by atoms with Gasteiger partial charge < -0.3 is 10.4 Å². The number of halogens is 1. The Balaban J connectivity index is 2.25. The van der Waals surface area contributed by atoms with Gasteiger partial charge in [-0.2, -0.15) is 5.26 Å². The highest BCUT2D eigenvalue weighted by molar-refractivity contribution is 7.99. The van der Waals surface area contributed by atoms with Crippen LogP contribution in [0, 0.1) is 21.4 Å². The van der Waals surface area contributed by atoms with Gasteiger partial charge in [-0.05, 0) is 18.2 Å². The van der Waals surface area contributed by atoms with Crippen LogP contribution >= 0.6 is 23.4 Å². The first kappa shape index (κ1) is 18.1. The van der Waals surface area contributed by atoms with Crippen molar-refractivity contribution in [1.29, 1.82) is 5.26 Å². The van der Waals surface area contributed by atoms with Crippen LogP contribution in [0.25, 0.3) is 0 Å². The Morgan fingerprint density at radius 1 is 1.33 bits per heavy atom. The lowest BCUT2D eigenvalue weighted by molar-refractivity contribution is -0.384. The molecule has 0 aliphatic heterocycles. The first-order valence-corrected chi connectivity index (χ1v) is 8.33. The molecule has 0 aliphatic rings. The summed E-state index contributed by atoms with van der Waals surface area (Å²) in [6.45, 7) is 0.298. The summed E-state index contributed by atoms with van der Waals surface area (Å²) >= 11 is 6.90. The Morgan fingerprint density at radius 2 is 2.08 bits per heavy atom. The molecule has 8 heteroatoms. The molecule has 0 radical (unpaired) electrons. The largest absolute Gasteiger partial charge is 0.390 e. The molecule has 0 saturated heterocycles. The fourth-order valence-electron chi connectivity index (χ4n) is 1.91. The van der Waals surface area contributed by atoms with Crippen LogP contribution in [0.1, 0.15) is 5.56 Å². The lowest BCUT2D eigenvalue weighted by atomic mass is 10.2. The van der Waals surface area contributed by atoms with Gasteiger partial charge in [0.1, 0.15) is 6.07 Å². The lowest BCUT2D eigenvalue weighted by Gasteiger charge is -2.14. The molecular formula is C16H14ClN3O3S. The molecule has 2 rings (SSSR count). The van der Waals surface area contributed by atoms with Gasteiger partial charge in [0.25, 0.3) is 5.69 Å². The Bertz CT molecular complexity index is 779. The van der Waals surface area contributed by atoms with E-state index in [0.29, 0.717) is 11.4 Å². The lowest BCUT2D eigenvalue weighted by Crippen LogP contribution is -2.20. The zero-order chi connectivity index (χ0) is 17.5. The van der Waals surface area contributed by atoms with Crippen molar-refractivity contribution in [3.63, 3.8) is 0 Å². The van der Waals surface area contributed by atoms with Gasteiger partial charge in [0.05, 0.1) is 22.5 Å². The number of hydrogen-bond donors (Lipinski definition) is 2. The summed E-state index contributed by atoms with van der Waals surface area (Å²) in [4.78, 5) is 11.7. The summed E-state index contributed by atoms with van der Waals surface area (Å²) < 4.78 is 0. The van der Waals surface area contributed by atoms with E-state index in [2.05, 4.69) is 5.32 Å². The van der Waals surface area contributed by atoms with Crippen molar-refractivity contribution in [2.75, 3.05) is 17.7 Å². The van der Waals surface area contributed by atoms with Gasteiger partial charge in [0.15, 0.2) is 0 Å². The number of alkyl halides is 1. The number of para-hydroxylation sites is 1. The number of aliphatic hydroxyl groups excluding tert-OH is 1. The monoisotopic (exact) mass is 363 g/mol. The number of nitriles is 1. The number of nitro groups is 1. The minimum absolute atomic E-state index is 0.118. The summed E-state index contributed by atoms with van der Waals surface area (Å²) in [6.07, 6.45) is -0.668. The van der Waals surface area contributed by atoms with Crippen LogP contribution in [0.15, 0.2) is 52.3 Å². The number of benzene rings is 2. The van der Waals surface area contributed by atoms with E-state index in [9.17, 15) is 20.5 Å². The van der Waals surface area contributed by atoms with Crippen molar-refractivity contribution in [1.82, 2.24) is 0 Å². The molecule has 0 fully saturated rings. The average Bonchev–Trinajstić information content (AvgIpc) is 2.60. The molecule has 0 aliphatic carbocycles. The third-order valence-electron chi connectivity index (χ3n) is 3.11. The summed E-state index contributed by atoms with van der Waals surface area (Å²) in [5.74, 6) is 0.128. The van der Waals surface area contributed by atoms with Gasteiger partial charge in [-0.3, -0.25) is 10.1 Å². The van der Waals surface area contributed by atoms with Crippen LogP contribution in [0.5, 0.6) is 0 Å². The van der Waals surface area contributed by atoms with Crippen molar-refractivity contribution in [3.05, 3.63) is 58.1 Å². The first-order chi connectivity index (χ1) is 11.5. The molecule has 1 unspecified atom stereocenters. The van der Waals surface area contributed by atoms with Crippen LogP contribution in [-0.4, -0.2) is 28.6 Å². The minimum Gasteiger partial charge on any atom is -0.390 e. The van der Waals surface area contributed by atoms with E-state index in [4.69, 9.17) is 11.6 Å². The molecule has 2 aromatic rings. The van der Waals surface area contributed by atoms with Crippen LogP contribution in [0.2, 0.25) is 0 Å². The second kappa shape index (κ2) is 8.55. The van der Waals surface area contributed by atoms with Crippen molar-refractivity contribution in [3.8, 4) is 6.07 Å². The fraction of sp³-hybridized carbons (Fsp3) is 0.188. The maximum absolute atomic E-state index is 10.8. The molecular weight excluding hydrogens is 350 g/mol. The number of nitrogens with zero attached hydrogens (tertiary/aromatic N) is 2. The minimum atomic E-state index is -0.668. The van der Waals surface area contributed by atoms with Crippen molar-refractivity contribution in [2.45, 2.75) is 15.9 Å². The molecule has 0 saturated carbocycles. The Labute approximate surface area is 148 Å². The zero-order valence-corrected chi connectivity index (χ0v) is 14.0. The molecule has 24 heavy (non-hydrogen) atoms. The third kappa shape index (κ3) is 4.61. The molecule has 6 nitrogen and oxygen atoms in total. The number of aliphatic hydroxyl groups is 1. The van der Waals surface area contributed by atoms with Crippen LogP contribution in [0.3, 0.4) is 0 Å². The summed E-state index contributed by atoms with van der Waals surface area (Å²) in [5, 5.41) is 32.7. The molecule has 0 bridgehead atoms. The highest BCUT2D eigenvalue weighted by Crippen LogP contribution is 2.36.